The fourth-order valence-electron chi connectivity index (χ4n) is 1.76. The fourth-order valence-corrected chi connectivity index (χ4v) is 1.76. The summed E-state index contributed by atoms with van der Waals surface area (Å²) in [6.07, 6.45) is 2.30. The topological polar surface area (TPSA) is 82.8 Å². The lowest BCUT2D eigenvalue weighted by molar-refractivity contribution is -0.122. The summed E-state index contributed by atoms with van der Waals surface area (Å²) >= 11 is 0. The van der Waals surface area contributed by atoms with Gasteiger partial charge in [-0.15, -0.1) is 6.58 Å². The van der Waals surface area contributed by atoms with Crippen LogP contribution in [-0.2, 0) is 11.2 Å². The van der Waals surface area contributed by atoms with Crippen LogP contribution in [0.1, 0.15) is 5.56 Å². The van der Waals surface area contributed by atoms with Crippen LogP contribution >= 0.6 is 0 Å². The Bertz CT molecular complexity index is 464. The molecule has 21 heavy (non-hydrogen) atoms. The van der Waals surface area contributed by atoms with Crippen LogP contribution < -0.4 is 25.3 Å². The Hall–Kier alpha value is -2.21. The molecule has 116 valence electrons. The SMILES string of the molecule is C=CCNC(=O)COc1c(OC)cc(CCN)cc1OC. The largest absolute Gasteiger partial charge is 0.493 e. The molecule has 1 aromatic carbocycles. The lowest BCUT2D eigenvalue weighted by Gasteiger charge is -2.15. The first-order valence-electron chi connectivity index (χ1n) is 6.61. The van der Waals surface area contributed by atoms with Gasteiger partial charge in [-0.05, 0) is 30.7 Å². The first-order valence-corrected chi connectivity index (χ1v) is 6.61. The van der Waals surface area contributed by atoms with E-state index in [2.05, 4.69) is 11.9 Å². The van der Waals surface area contributed by atoms with Gasteiger partial charge in [0.2, 0.25) is 5.75 Å². The second-order valence-electron chi connectivity index (χ2n) is 4.25. The van der Waals surface area contributed by atoms with Crippen molar-refractivity contribution in [3.8, 4) is 17.2 Å². The molecule has 0 aliphatic heterocycles. The number of methoxy groups -OCH3 is 2. The molecular weight excluding hydrogens is 272 g/mol. The van der Waals surface area contributed by atoms with Crippen molar-refractivity contribution in [1.82, 2.24) is 5.32 Å². The molecule has 0 heterocycles. The van der Waals surface area contributed by atoms with Gasteiger partial charge in [0.05, 0.1) is 14.2 Å². The van der Waals surface area contributed by atoms with Crippen molar-refractivity contribution >= 4 is 5.91 Å². The molecule has 6 heteroatoms. The Morgan fingerprint density at radius 1 is 1.33 bits per heavy atom. The lowest BCUT2D eigenvalue weighted by atomic mass is 10.1. The highest BCUT2D eigenvalue weighted by Gasteiger charge is 2.15. The molecule has 0 radical (unpaired) electrons. The number of hydrogen-bond acceptors (Lipinski definition) is 5. The number of benzene rings is 1. The third-order valence-electron chi connectivity index (χ3n) is 2.74. The van der Waals surface area contributed by atoms with Crippen LogP contribution in [0.4, 0.5) is 0 Å². The molecule has 0 aliphatic rings. The van der Waals surface area contributed by atoms with Crippen LogP contribution in [0.5, 0.6) is 17.2 Å². The van der Waals surface area contributed by atoms with E-state index >= 15 is 0 Å². The van der Waals surface area contributed by atoms with E-state index in [0.29, 0.717) is 36.8 Å². The quantitative estimate of drug-likeness (QED) is 0.661. The smallest absolute Gasteiger partial charge is 0.258 e. The van der Waals surface area contributed by atoms with Gasteiger partial charge < -0.3 is 25.3 Å². The van der Waals surface area contributed by atoms with Crippen LogP contribution in [0, 0.1) is 0 Å². The van der Waals surface area contributed by atoms with Gasteiger partial charge in [-0.25, -0.2) is 0 Å². The third-order valence-corrected chi connectivity index (χ3v) is 2.74. The first-order chi connectivity index (χ1) is 10.2. The van der Waals surface area contributed by atoms with Gasteiger partial charge in [0.25, 0.3) is 5.91 Å². The highest BCUT2D eigenvalue weighted by molar-refractivity contribution is 5.77. The maximum atomic E-state index is 11.6. The second kappa shape index (κ2) is 8.86. The number of rotatable bonds is 9. The van der Waals surface area contributed by atoms with Gasteiger partial charge in [0.15, 0.2) is 18.1 Å². The van der Waals surface area contributed by atoms with E-state index in [9.17, 15) is 4.79 Å². The molecule has 0 spiro atoms. The molecule has 0 saturated heterocycles. The van der Waals surface area contributed by atoms with E-state index in [1.807, 2.05) is 12.1 Å². The van der Waals surface area contributed by atoms with Crippen LogP contribution in [0.2, 0.25) is 0 Å². The van der Waals surface area contributed by atoms with Crippen molar-refractivity contribution in [2.45, 2.75) is 6.42 Å². The van der Waals surface area contributed by atoms with Crippen molar-refractivity contribution in [3.63, 3.8) is 0 Å². The normalized spacial score (nSPS) is 9.86. The Balaban J connectivity index is 2.88. The van der Waals surface area contributed by atoms with Crippen LogP contribution in [-0.4, -0.2) is 39.8 Å². The first kappa shape index (κ1) is 16.8. The zero-order valence-corrected chi connectivity index (χ0v) is 12.5. The molecule has 0 atom stereocenters. The summed E-state index contributed by atoms with van der Waals surface area (Å²) in [5.74, 6) is 1.17. The highest BCUT2D eigenvalue weighted by Crippen LogP contribution is 2.38. The number of carbonyl (C=O) groups excluding carboxylic acids is 1. The maximum absolute atomic E-state index is 11.6. The predicted octanol–water partition coefficient (Wildman–Crippen LogP) is 0.886. The second-order valence-corrected chi connectivity index (χ2v) is 4.25. The van der Waals surface area contributed by atoms with Gasteiger partial charge in [0, 0.05) is 6.54 Å². The van der Waals surface area contributed by atoms with E-state index in [0.717, 1.165) is 5.56 Å². The Kier molecular flexibility index (Phi) is 7.11. The van der Waals surface area contributed by atoms with Crippen LogP contribution in [0.15, 0.2) is 24.8 Å². The Morgan fingerprint density at radius 3 is 2.43 bits per heavy atom. The maximum Gasteiger partial charge on any atom is 0.258 e. The molecule has 0 aliphatic carbocycles. The summed E-state index contributed by atoms with van der Waals surface area (Å²) in [5.41, 5.74) is 6.53. The van der Waals surface area contributed by atoms with Crippen LogP contribution in [0.3, 0.4) is 0 Å². The molecule has 3 N–H and O–H groups in total. The molecule has 6 nitrogen and oxygen atoms in total. The minimum absolute atomic E-state index is 0.128. The summed E-state index contributed by atoms with van der Waals surface area (Å²) in [4.78, 5) is 11.6. The number of ether oxygens (including phenoxy) is 3. The van der Waals surface area contributed by atoms with Gasteiger partial charge in [-0.3, -0.25) is 4.79 Å². The molecular formula is C15H22N2O4. The summed E-state index contributed by atoms with van der Waals surface area (Å²) in [7, 11) is 3.07. The van der Waals surface area contributed by atoms with E-state index < -0.39 is 0 Å². The van der Waals surface area contributed by atoms with Crippen molar-refractivity contribution in [2.24, 2.45) is 5.73 Å². The predicted molar refractivity (Wildman–Crippen MR) is 81.0 cm³/mol. The van der Waals surface area contributed by atoms with Gasteiger partial charge >= 0.3 is 0 Å². The summed E-state index contributed by atoms with van der Waals surface area (Å²) in [6.45, 7) is 4.32. The number of nitrogens with one attached hydrogen (secondary N) is 1. The molecule has 0 fully saturated rings. The fraction of sp³-hybridized carbons (Fsp3) is 0.400. The molecule has 0 bridgehead atoms. The van der Waals surface area contributed by atoms with E-state index in [1.165, 1.54) is 14.2 Å². The standard InChI is InChI=1S/C15H22N2O4/c1-4-7-17-14(18)10-21-15-12(19-2)8-11(5-6-16)9-13(15)20-3/h4,8-9H,1,5-7,10,16H2,2-3H3,(H,17,18). The minimum atomic E-state index is -0.245. The zero-order valence-electron chi connectivity index (χ0n) is 12.5. The summed E-state index contributed by atoms with van der Waals surface area (Å²) in [5, 5.41) is 2.63. The van der Waals surface area contributed by atoms with Crippen molar-refractivity contribution in [2.75, 3.05) is 33.9 Å². The van der Waals surface area contributed by atoms with Crippen LogP contribution in [0.25, 0.3) is 0 Å². The monoisotopic (exact) mass is 294 g/mol. The highest BCUT2D eigenvalue weighted by atomic mass is 16.5. The van der Waals surface area contributed by atoms with Crippen molar-refractivity contribution < 1.29 is 19.0 Å². The van der Waals surface area contributed by atoms with Crippen molar-refractivity contribution in [1.29, 1.82) is 0 Å². The molecule has 1 aromatic rings. The summed E-state index contributed by atoms with van der Waals surface area (Å²) < 4.78 is 16.1. The van der Waals surface area contributed by atoms with E-state index in [-0.39, 0.29) is 12.5 Å². The third kappa shape index (κ3) is 5.00. The van der Waals surface area contributed by atoms with Gasteiger partial charge in [-0.1, -0.05) is 6.08 Å². The Labute approximate surface area is 124 Å². The molecule has 1 amide bonds. The summed E-state index contributed by atoms with van der Waals surface area (Å²) in [6, 6.07) is 3.65. The lowest BCUT2D eigenvalue weighted by Crippen LogP contribution is -2.28. The average Bonchev–Trinajstić information content (AvgIpc) is 2.50. The Morgan fingerprint density at radius 2 is 1.95 bits per heavy atom. The van der Waals surface area contributed by atoms with Crippen molar-refractivity contribution in [3.05, 3.63) is 30.4 Å². The molecule has 0 aromatic heterocycles. The molecule has 0 unspecified atom stereocenters. The van der Waals surface area contributed by atoms with E-state index in [4.69, 9.17) is 19.9 Å². The molecule has 1 rings (SSSR count). The number of amides is 1. The minimum Gasteiger partial charge on any atom is -0.493 e. The number of hydrogen-bond donors (Lipinski definition) is 2. The van der Waals surface area contributed by atoms with E-state index in [1.54, 1.807) is 6.08 Å². The number of carbonyl (C=O) groups is 1. The molecule has 0 saturated carbocycles. The average molecular weight is 294 g/mol. The number of nitrogens with two attached hydrogens (primary N) is 1. The van der Waals surface area contributed by atoms with Gasteiger partial charge in [-0.2, -0.15) is 0 Å². The zero-order chi connectivity index (χ0) is 15.7. The van der Waals surface area contributed by atoms with Gasteiger partial charge in [0.1, 0.15) is 0 Å².